The second kappa shape index (κ2) is 8.78. The van der Waals surface area contributed by atoms with Crippen molar-refractivity contribution >= 4 is 16.9 Å². The number of hydrogen-bond donors (Lipinski definition) is 0. The predicted molar refractivity (Wildman–Crippen MR) is 109 cm³/mol. The molecule has 158 valence electrons. The van der Waals surface area contributed by atoms with E-state index in [2.05, 4.69) is 15.1 Å². The van der Waals surface area contributed by atoms with Gasteiger partial charge in [0, 0.05) is 41.4 Å². The topological polar surface area (TPSA) is 118 Å². The number of ether oxygens (including phenoxy) is 2. The van der Waals surface area contributed by atoms with Gasteiger partial charge in [0.1, 0.15) is 11.3 Å². The van der Waals surface area contributed by atoms with Gasteiger partial charge in [0.15, 0.2) is 6.61 Å². The fourth-order valence-electron chi connectivity index (χ4n) is 3.16. The van der Waals surface area contributed by atoms with Crippen LogP contribution in [0.25, 0.3) is 22.4 Å². The molecule has 0 atom stereocenters. The number of carbonyl (C=O) groups is 1. The fraction of sp³-hybridized carbons (Fsp3) is 0.227. The summed E-state index contributed by atoms with van der Waals surface area (Å²) in [5, 5.41) is 4.63. The van der Waals surface area contributed by atoms with E-state index in [9.17, 15) is 9.59 Å². The van der Waals surface area contributed by atoms with Crippen LogP contribution in [-0.4, -0.2) is 28.2 Å². The average molecular weight is 421 g/mol. The molecule has 4 rings (SSSR count). The van der Waals surface area contributed by atoms with Gasteiger partial charge in [-0.15, -0.1) is 0 Å². The zero-order chi connectivity index (χ0) is 21.8. The molecule has 0 unspecified atom stereocenters. The first-order valence-corrected chi connectivity index (χ1v) is 9.54. The summed E-state index contributed by atoms with van der Waals surface area (Å²) in [6, 6.07) is 8.82. The monoisotopic (exact) mass is 421 g/mol. The molecule has 0 saturated heterocycles. The highest BCUT2D eigenvalue weighted by molar-refractivity contribution is 5.82. The van der Waals surface area contributed by atoms with Crippen LogP contribution in [0.3, 0.4) is 0 Å². The molecule has 1 aromatic carbocycles. The maximum Gasteiger partial charge on any atom is 0.339 e. The number of methoxy groups -OCH3 is 1. The van der Waals surface area contributed by atoms with Gasteiger partial charge in [0.25, 0.3) is 5.89 Å². The van der Waals surface area contributed by atoms with Crippen LogP contribution < -0.4 is 10.4 Å². The maximum absolute atomic E-state index is 12.4. The number of aromatic nitrogens is 3. The third-order valence-corrected chi connectivity index (χ3v) is 4.82. The highest BCUT2D eigenvalue weighted by Gasteiger charge is 2.15. The number of esters is 1. The van der Waals surface area contributed by atoms with Crippen molar-refractivity contribution in [3.63, 3.8) is 0 Å². The molecule has 0 amide bonds. The van der Waals surface area contributed by atoms with E-state index in [0.717, 1.165) is 10.9 Å². The molecule has 3 aromatic heterocycles. The first-order chi connectivity index (χ1) is 15.0. The van der Waals surface area contributed by atoms with E-state index in [1.54, 1.807) is 43.8 Å². The van der Waals surface area contributed by atoms with Gasteiger partial charge in [-0.2, -0.15) is 4.98 Å². The first kappa shape index (κ1) is 20.3. The van der Waals surface area contributed by atoms with Crippen molar-refractivity contribution in [1.29, 1.82) is 0 Å². The van der Waals surface area contributed by atoms with E-state index < -0.39 is 11.6 Å². The Labute approximate surface area is 176 Å². The van der Waals surface area contributed by atoms with E-state index in [4.69, 9.17) is 18.4 Å². The molecule has 0 aliphatic heterocycles. The molecule has 0 spiro atoms. The Morgan fingerprint density at radius 2 is 2.10 bits per heavy atom. The molecule has 0 radical (unpaired) electrons. The lowest BCUT2D eigenvalue weighted by Gasteiger charge is -2.08. The fourth-order valence-corrected chi connectivity index (χ4v) is 3.16. The van der Waals surface area contributed by atoms with E-state index in [0.29, 0.717) is 28.3 Å². The molecule has 0 saturated carbocycles. The minimum absolute atomic E-state index is 0.0108. The Bertz CT molecular complexity index is 1280. The van der Waals surface area contributed by atoms with Gasteiger partial charge >= 0.3 is 11.6 Å². The van der Waals surface area contributed by atoms with Gasteiger partial charge in [-0.25, -0.2) is 4.79 Å². The second-order valence-electron chi connectivity index (χ2n) is 6.77. The molecule has 4 aromatic rings. The number of hydrogen-bond acceptors (Lipinski definition) is 9. The number of carbonyl (C=O) groups excluding carboxylic acids is 1. The van der Waals surface area contributed by atoms with Crippen LogP contribution in [0.15, 0.2) is 56.5 Å². The van der Waals surface area contributed by atoms with Gasteiger partial charge in [0.05, 0.1) is 7.11 Å². The average Bonchev–Trinajstić information content (AvgIpc) is 3.27. The molecular formula is C22H19N3O6. The van der Waals surface area contributed by atoms with Crippen molar-refractivity contribution in [2.75, 3.05) is 7.11 Å². The Kier molecular flexibility index (Phi) is 5.74. The molecule has 31 heavy (non-hydrogen) atoms. The lowest BCUT2D eigenvalue weighted by atomic mass is 10.0. The summed E-state index contributed by atoms with van der Waals surface area (Å²) in [5.41, 5.74) is 1.85. The minimum Gasteiger partial charge on any atom is -0.497 e. The number of aryl methyl sites for hydroxylation is 1. The van der Waals surface area contributed by atoms with Crippen molar-refractivity contribution in [2.24, 2.45) is 0 Å². The second-order valence-corrected chi connectivity index (χ2v) is 6.77. The quantitative estimate of drug-likeness (QED) is 0.327. The van der Waals surface area contributed by atoms with Gasteiger partial charge < -0.3 is 18.4 Å². The third-order valence-electron chi connectivity index (χ3n) is 4.82. The zero-order valence-electron chi connectivity index (χ0n) is 17.0. The van der Waals surface area contributed by atoms with Crippen molar-refractivity contribution in [3.05, 3.63) is 70.2 Å². The zero-order valence-corrected chi connectivity index (χ0v) is 17.0. The van der Waals surface area contributed by atoms with Crippen LogP contribution >= 0.6 is 0 Å². The lowest BCUT2D eigenvalue weighted by Crippen LogP contribution is -2.14. The Balaban J connectivity index is 1.38. The number of fused-ring (bicyclic) bond motifs is 1. The number of benzene rings is 1. The smallest absolute Gasteiger partial charge is 0.339 e. The summed E-state index contributed by atoms with van der Waals surface area (Å²) in [7, 11) is 1.54. The van der Waals surface area contributed by atoms with Gasteiger partial charge in [0.2, 0.25) is 5.82 Å². The summed E-state index contributed by atoms with van der Waals surface area (Å²) >= 11 is 0. The molecule has 9 nitrogen and oxygen atoms in total. The largest absolute Gasteiger partial charge is 0.497 e. The number of rotatable bonds is 7. The molecule has 0 aliphatic carbocycles. The molecule has 0 aliphatic rings. The predicted octanol–water partition coefficient (Wildman–Crippen LogP) is 3.23. The normalized spacial score (nSPS) is 10.9. The van der Waals surface area contributed by atoms with Crippen molar-refractivity contribution < 1.29 is 23.2 Å². The number of nitrogens with zero attached hydrogens (tertiary/aromatic N) is 3. The summed E-state index contributed by atoms with van der Waals surface area (Å²) in [4.78, 5) is 32.7. The Morgan fingerprint density at radius 1 is 1.23 bits per heavy atom. The summed E-state index contributed by atoms with van der Waals surface area (Å²) in [5.74, 6) is 0.636. The SMILES string of the molecule is COc1ccc2c(C)c(CCC(=O)OCc3nc(-c4cccnc4)no3)c(=O)oc2c1. The maximum atomic E-state index is 12.4. The van der Waals surface area contributed by atoms with Crippen molar-refractivity contribution in [1.82, 2.24) is 15.1 Å². The third kappa shape index (κ3) is 4.45. The van der Waals surface area contributed by atoms with Crippen LogP contribution in [0.5, 0.6) is 5.75 Å². The first-order valence-electron chi connectivity index (χ1n) is 9.54. The summed E-state index contributed by atoms with van der Waals surface area (Å²) in [6.45, 7) is 1.67. The van der Waals surface area contributed by atoms with Crippen molar-refractivity contribution in [3.8, 4) is 17.1 Å². The van der Waals surface area contributed by atoms with Gasteiger partial charge in [-0.1, -0.05) is 5.16 Å². The van der Waals surface area contributed by atoms with Crippen LogP contribution in [0.4, 0.5) is 0 Å². The van der Waals surface area contributed by atoms with Crippen LogP contribution in [-0.2, 0) is 22.6 Å². The van der Waals surface area contributed by atoms with E-state index in [1.807, 2.05) is 13.0 Å². The molecule has 9 heteroatoms. The van der Waals surface area contributed by atoms with E-state index in [-0.39, 0.29) is 25.3 Å². The molecule has 0 N–H and O–H groups in total. The standard InChI is InChI=1S/C22H19N3O6/c1-13-16-6-5-15(28-2)10-18(16)30-22(27)17(13)7-8-20(26)29-12-19-24-21(25-31-19)14-4-3-9-23-11-14/h3-6,9-11H,7-8,12H2,1-2H3. The van der Waals surface area contributed by atoms with Crippen LogP contribution in [0.2, 0.25) is 0 Å². The summed E-state index contributed by atoms with van der Waals surface area (Å²) in [6.07, 6.45) is 3.45. The molecule has 0 fully saturated rings. The lowest BCUT2D eigenvalue weighted by molar-refractivity contribution is -0.145. The van der Waals surface area contributed by atoms with Gasteiger partial charge in [-0.3, -0.25) is 9.78 Å². The summed E-state index contributed by atoms with van der Waals surface area (Å²) < 4.78 is 20.8. The molecule has 3 heterocycles. The van der Waals surface area contributed by atoms with Crippen molar-refractivity contribution in [2.45, 2.75) is 26.4 Å². The Morgan fingerprint density at radius 3 is 2.87 bits per heavy atom. The van der Waals surface area contributed by atoms with Gasteiger partial charge in [-0.05, 0) is 43.2 Å². The van der Waals surface area contributed by atoms with E-state index in [1.165, 1.54) is 0 Å². The molecular weight excluding hydrogens is 402 g/mol. The Hall–Kier alpha value is -4.01. The van der Waals surface area contributed by atoms with Crippen LogP contribution in [0.1, 0.15) is 23.4 Å². The minimum atomic E-state index is -0.491. The number of pyridine rings is 1. The van der Waals surface area contributed by atoms with Crippen LogP contribution in [0, 0.1) is 6.92 Å². The highest BCUT2D eigenvalue weighted by atomic mass is 16.6. The van der Waals surface area contributed by atoms with E-state index >= 15 is 0 Å². The molecule has 0 bridgehead atoms. The highest BCUT2D eigenvalue weighted by Crippen LogP contribution is 2.24.